The number of fused-ring (bicyclic) bond motifs is 1. The van der Waals surface area contributed by atoms with E-state index < -0.39 is 11.8 Å². The normalized spacial score (nSPS) is 13.0. The van der Waals surface area contributed by atoms with E-state index in [2.05, 4.69) is 0 Å². The van der Waals surface area contributed by atoms with E-state index >= 15 is 0 Å². The molecular formula is C19H18N2O4. The summed E-state index contributed by atoms with van der Waals surface area (Å²) in [4.78, 5) is 39.9. The molecule has 3 rings (SSSR count). The van der Waals surface area contributed by atoms with Crippen LogP contribution in [-0.4, -0.2) is 43.3 Å². The molecule has 0 atom stereocenters. The first-order valence-electron chi connectivity index (χ1n) is 7.91. The molecule has 0 fully saturated rings. The lowest BCUT2D eigenvalue weighted by Crippen LogP contribution is -2.29. The highest BCUT2D eigenvalue weighted by atomic mass is 16.5. The van der Waals surface area contributed by atoms with Gasteiger partial charge in [-0.15, -0.1) is 0 Å². The van der Waals surface area contributed by atoms with Crippen molar-refractivity contribution in [1.29, 1.82) is 0 Å². The predicted molar refractivity (Wildman–Crippen MR) is 93.2 cm³/mol. The second-order valence-corrected chi connectivity index (χ2v) is 5.83. The van der Waals surface area contributed by atoms with E-state index in [0.29, 0.717) is 29.2 Å². The number of hydrogen-bond acceptors (Lipinski definition) is 4. The Kier molecular flexibility index (Phi) is 4.27. The topological polar surface area (TPSA) is 66.9 Å². The highest BCUT2D eigenvalue weighted by molar-refractivity contribution is 6.34. The number of amides is 3. The van der Waals surface area contributed by atoms with Crippen LogP contribution in [0.5, 0.6) is 5.75 Å². The molecule has 0 bridgehead atoms. The van der Waals surface area contributed by atoms with Crippen LogP contribution in [0.15, 0.2) is 42.5 Å². The van der Waals surface area contributed by atoms with Crippen molar-refractivity contribution in [3.63, 3.8) is 0 Å². The summed E-state index contributed by atoms with van der Waals surface area (Å²) in [6.45, 7) is 2.42. The third-order valence-corrected chi connectivity index (χ3v) is 3.95. The molecule has 3 amide bonds. The van der Waals surface area contributed by atoms with Gasteiger partial charge in [-0.2, -0.15) is 0 Å². The standard InChI is InChI=1S/C19H18N2O4/c1-4-25-14-8-6-13(7-9-14)21-18(23)15-10-5-12(17(22)20(2)3)11-16(15)19(21)24/h5-11H,4H2,1-3H3. The van der Waals surface area contributed by atoms with Crippen LogP contribution >= 0.6 is 0 Å². The third-order valence-electron chi connectivity index (χ3n) is 3.95. The van der Waals surface area contributed by atoms with Gasteiger partial charge in [0.15, 0.2) is 0 Å². The number of anilines is 1. The molecule has 6 nitrogen and oxygen atoms in total. The van der Waals surface area contributed by atoms with Gasteiger partial charge in [0, 0.05) is 19.7 Å². The third kappa shape index (κ3) is 2.87. The van der Waals surface area contributed by atoms with Gasteiger partial charge in [-0.25, -0.2) is 4.90 Å². The largest absolute Gasteiger partial charge is 0.494 e. The van der Waals surface area contributed by atoms with Crippen LogP contribution in [-0.2, 0) is 0 Å². The van der Waals surface area contributed by atoms with Gasteiger partial charge < -0.3 is 9.64 Å². The molecule has 0 N–H and O–H groups in total. The minimum Gasteiger partial charge on any atom is -0.494 e. The van der Waals surface area contributed by atoms with Crippen molar-refractivity contribution >= 4 is 23.4 Å². The van der Waals surface area contributed by atoms with E-state index in [1.807, 2.05) is 6.92 Å². The number of ether oxygens (including phenoxy) is 1. The van der Waals surface area contributed by atoms with Crippen LogP contribution in [0.4, 0.5) is 5.69 Å². The fourth-order valence-corrected chi connectivity index (χ4v) is 2.72. The molecule has 25 heavy (non-hydrogen) atoms. The van der Waals surface area contributed by atoms with Crippen molar-refractivity contribution < 1.29 is 19.1 Å². The molecule has 0 unspecified atom stereocenters. The van der Waals surface area contributed by atoms with Gasteiger partial charge in [0.05, 0.1) is 23.4 Å². The molecule has 128 valence electrons. The molecule has 0 aliphatic carbocycles. The van der Waals surface area contributed by atoms with Crippen molar-refractivity contribution in [3.05, 3.63) is 59.2 Å². The lowest BCUT2D eigenvalue weighted by molar-refractivity contribution is 0.0827. The van der Waals surface area contributed by atoms with E-state index in [1.54, 1.807) is 44.4 Å². The molecule has 1 aliphatic rings. The zero-order chi connectivity index (χ0) is 18.1. The Labute approximate surface area is 145 Å². The van der Waals surface area contributed by atoms with E-state index in [9.17, 15) is 14.4 Å². The maximum atomic E-state index is 12.7. The number of nitrogens with zero attached hydrogens (tertiary/aromatic N) is 2. The van der Waals surface area contributed by atoms with E-state index in [4.69, 9.17) is 4.74 Å². The number of imide groups is 1. The molecule has 2 aromatic carbocycles. The molecule has 2 aromatic rings. The van der Waals surface area contributed by atoms with Crippen LogP contribution in [0.25, 0.3) is 0 Å². The van der Waals surface area contributed by atoms with Gasteiger partial charge in [-0.1, -0.05) is 0 Å². The van der Waals surface area contributed by atoms with E-state index in [1.165, 1.54) is 17.0 Å². The van der Waals surface area contributed by atoms with Gasteiger partial charge in [-0.3, -0.25) is 14.4 Å². The Balaban J connectivity index is 1.95. The van der Waals surface area contributed by atoms with Crippen molar-refractivity contribution in [2.45, 2.75) is 6.92 Å². The highest BCUT2D eigenvalue weighted by Gasteiger charge is 2.37. The number of hydrogen-bond donors (Lipinski definition) is 0. The van der Waals surface area contributed by atoms with Crippen LogP contribution in [0.1, 0.15) is 38.0 Å². The number of carbonyl (C=O) groups excluding carboxylic acids is 3. The number of carbonyl (C=O) groups is 3. The van der Waals surface area contributed by atoms with Crippen LogP contribution in [0.2, 0.25) is 0 Å². The zero-order valence-corrected chi connectivity index (χ0v) is 14.3. The molecule has 6 heteroatoms. The molecule has 0 saturated heterocycles. The van der Waals surface area contributed by atoms with Crippen molar-refractivity contribution in [3.8, 4) is 5.75 Å². The lowest BCUT2D eigenvalue weighted by Gasteiger charge is -2.14. The number of rotatable bonds is 4. The average molecular weight is 338 g/mol. The zero-order valence-electron chi connectivity index (χ0n) is 14.3. The summed E-state index contributed by atoms with van der Waals surface area (Å²) < 4.78 is 5.37. The Morgan fingerprint density at radius 1 is 1.00 bits per heavy atom. The number of benzene rings is 2. The minimum atomic E-state index is -0.433. The van der Waals surface area contributed by atoms with E-state index in [-0.39, 0.29) is 11.5 Å². The summed E-state index contributed by atoms with van der Waals surface area (Å²) in [6, 6.07) is 11.3. The minimum absolute atomic E-state index is 0.220. The van der Waals surface area contributed by atoms with Gasteiger partial charge in [0.1, 0.15) is 5.75 Å². The summed E-state index contributed by atoms with van der Waals surface area (Å²) in [5, 5.41) is 0. The molecule has 1 heterocycles. The second-order valence-electron chi connectivity index (χ2n) is 5.83. The quantitative estimate of drug-likeness (QED) is 0.804. The van der Waals surface area contributed by atoms with Crippen molar-refractivity contribution in [2.75, 3.05) is 25.6 Å². The molecule has 0 saturated carbocycles. The van der Waals surface area contributed by atoms with Crippen molar-refractivity contribution in [1.82, 2.24) is 4.90 Å². The summed E-state index contributed by atoms with van der Waals surface area (Å²) >= 11 is 0. The summed E-state index contributed by atoms with van der Waals surface area (Å²) in [5.41, 5.74) is 1.38. The SMILES string of the molecule is CCOc1ccc(N2C(=O)c3ccc(C(=O)N(C)C)cc3C2=O)cc1. The monoisotopic (exact) mass is 338 g/mol. The fourth-order valence-electron chi connectivity index (χ4n) is 2.72. The summed E-state index contributed by atoms with van der Waals surface area (Å²) in [6.07, 6.45) is 0. The highest BCUT2D eigenvalue weighted by Crippen LogP contribution is 2.30. The first-order valence-corrected chi connectivity index (χ1v) is 7.91. The predicted octanol–water partition coefficient (Wildman–Crippen LogP) is 2.59. The maximum absolute atomic E-state index is 12.7. The van der Waals surface area contributed by atoms with Crippen molar-refractivity contribution in [2.24, 2.45) is 0 Å². The Morgan fingerprint density at radius 3 is 2.24 bits per heavy atom. The second kappa shape index (κ2) is 6.39. The van der Waals surface area contributed by atoms with E-state index in [0.717, 1.165) is 4.90 Å². The maximum Gasteiger partial charge on any atom is 0.266 e. The Hall–Kier alpha value is -3.15. The Bertz CT molecular complexity index is 856. The molecule has 1 aliphatic heterocycles. The summed E-state index contributed by atoms with van der Waals surface area (Å²) in [5.74, 6) is -0.380. The van der Waals surface area contributed by atoms with Crippen LogP contribution in [0, 0.1) is 0 Å². The Morgan fingerprint density at radius 2 is 1.64 bits per heavy atom. The smallest absolute Gasteiger partial charge is 0.266 e. The molecule has 0 radical (unpaired) electrons. The van der Waals surface area contributed by atoms with Gasteiger partial charge in [0.25, 0.3) is 17.7 Å². The van der Waals surface area contributed by atoms with Gasteiger partial charge >= 0.3 is 0 Å². The van der Waals surface area contributed by atoms with Gasteiger partial charge in [0.2, 0.25) is 0 Å². The first-order chi connectivity index (χ1) is 11.9. The molecule has 0 aromatic heterocycles. The summed E-state index contributed by atoms with van der Waals surface area (Å²) in [7, 11) is 3.27. The van der Waals surface area contributed by atoms with Crippen LogP contribution in [0.3, 0.4) is 0 Å². The lowest BCUT2D eigenvalue weighted by atomic mass is 10.1. The fraction of sp³-hybridized carbons (Fsp3) is 0.211. The van der Waals surface area contributed by atoms with Crippen LogP contribution < -0.4 is 9.64 Å². The first kappa shape index (κ1) is 16.7. The van der Waals surface area contributed by atoms with Gasteiger partial charge in [-0.05, 0) is 49.4 Å². The average Bonchev–Trinajstić information content (AvgIpc) is 2.86. The molecule has 0 spiro atoms. The molecular weight excluding hydrogens is 320 g/mol.